The number of fused-ring (bicyclic) bond motifs is 1. The molecule has 0 spiro atoms. The lowest BCUT2D eigenvalue weighted by atomic mass is 9.93. The van der Waals surface area contributed by atoms with Crippen LogP contribution in [0.2, 0.25) is 0 Å². The second-order valence-electron chi connectivity index (χ2n) is 6.07. The summed E-state index contributed by atoms with van der Waals surface area (Å²) in [4.78, 5) is 11.1. The molecule has 0 radical (unpaired) electrons. The van der Waals surface area contributed by atoms with Crippen molar-refractivity contribution in [1.82, 2.24) is 10.4 Å². The number of rotatable bonds is 3. The second-order valence-corrected chi connectivity index (χ2v) is 6.07. The lowest BCUT2D eigenvalue weighted by Gasteiger charge is -2.29. The van der Waals surface area contributed by atoms with Gasteiger partial charge in [-0.3, -0.25) is 15.1 Å². The quantitative estimate of drug-likeness (QED) is 0.901. The maximum absolute atomic E-state index is 11.1. The third-order valence-electron chi connectivity index (χ3n) is 4.26. The molecule has 2 N–H and O–H groups in total. The Morgan fingerprint density at radius 2 is 2.09 bits per heavy atom. The van der Waals surface area contributed by atoms with Crippen LogP contribution in [0.5, 0.6) is 5.75 Å². The van der Waals surface area contributed by atoms with Gasteiger partial charge in [0.2, 0.25) is 5.91 Å². The Labute approximate surface area is 130 Å². The first-order valence-electron chi connectivity index (χ1n) is 7.80. The molecule has 1 saturated carbocycles. The fourth-order valence-corrected chi connectivity index (χ4v) is 3.14. The van der Waals surface area contributed by atoms with E-state index in [4.69, 9.17) is 4.74 Å². The molecular formula is C17H22N2O3. The number of benzene rings is 1. The van der Waals surface area contributed by atoms with Crippen LogP contribution in [0.15, 0.2) is 24.4 Å². The molecule has 3 rings (SSSR count). The number of amides is 1. The van der Waals surface area contributed by atoms with Crippen LogP contribution in [0.3, 0.4) is 0 Å². The molecule has 5 nitrogen and oxygen atoms in total. The van der Waals surface area contributed by atoms with Gasteiger partial charge in [-0.2, -0.15) is 0 Å². The normalized spacial score (nSPS) is 23.8. The number of nitrogens with zero attached hydrogens (tertiary/aromatic N) is 1. The van der Waals surface area contributed by atoms with E-state index in [1.165, 1.54) is 5.06 Å². The van der Waals surface area contributed by atoms with Crippen molar-refractivity contribution in [3.8, 4) is 5.75 Å². The number of carbonyl (C=O) groups excluding carboxylic acids is 1. The van der Waals surface area contributed by atoms with Crippen molar-refractivity contribution in [2.45, 2.75) is 51.3 Å². The third kappa shape index (κ3) is 3.60. The molecule has 118 valence electrons. The van der Waals surface area contributed by atoms with Crippen LogP contribution in [0, 0.1) is 0 Å². The van der Waals surface area contributed by atoms with Gasteiger partial charge in [-0.1, -0.05) is 6.07 Å². The van der Waals surface area contributed by atoms with Gasteiger partial charge in [0.1, 0.15) is 5.75 Å². The Balaban J connectivity index is 1.57. The molecule has 1 amide bonds. The largest absolute Gasteiger partial charge is 0.490 e. The highest BCUT2D eigenvalue weighted by Gasteiger charge is 2.23. The smallest absolute Gasteiger partial charge is 0.217 e. The molecule has 1 aromatic rings. The Bertz CT molecular complexity index is 577. The van der Waals surface area contributed by atoms with E-state index in [1.54, 1.807) is 13.1 Å². The maximum atomic E-state index is 11.1. The van der Waals surface area contributed by atoms with E-state index in [2.05, 4.69) is 5.32 Å². The number of hydrogen-bond acceptors (Lipinski definition) is 4. The molecule has 0 atom stereocenters. The first kappa shape index (κ1) is 14.9. The zero-order valence-electron chi connectivity index (χ0n) is 12.8. The van der Waals surface area contributed by atoms with Gasteiger partial charge in [-0.25, -0.2) is 0 Å². The Kier molecular flexibility index (Phi) is 4.34. The standard InChI is InChI=1S/C17H22N2O3/c1-12(20)18-15-3-6-16(7-4-15)22-17-5-2-14-11-19(21)9-8-13(14)10-17/h2,5,8-10,15-16,21H,3-4,6-7,11H2,1H3,(H,18,20). The summed E-state index contributed by atoms with van der Waals surface area (Å²) in [5.74, 6) is 0.918. The molecule has 5 heteroatoms. The monoisotopic (exact) mass is 302 g/mol. The minimum Gasteiger partial charge on any atom is -0.490 e. The first-order valence-corrected chi connectivity index (χ1v) is 7.80. The summed E-state index contributed by atoms with van der Waals surface area (Å²) in [6.45, 7) is 2.07. The summed E-state index contributed by atoms with van der Waals surface area (Å²) < 4.78 is 6.08. The van der Waals surface area contributed by atoms with E-state index in [9.17, 15) is 10.0 Å². The molecule has 1 fully saturated rings. The number of ether oxygens (including phenoxy) is 1. The van der Waals surface area contributed by atoms with Gasteiger partial charge in [0.15, 0.2) is 0 Å². The van der Waals surface area contributed by atoms with Crippen molar-refractivity contribution in [2.24, 2.45) is 0 Å². The molecule has 1 heterocycles. The van der Waals surface area contributed by atoms with Crippen molar-refractivity contribution >= 4 is 12.0 Å². The summed E-state index contributed by atoms with van der Waals surface area (Å²) in [7, 11) is 0. The van der Waals surface area contributed by atoms with E-state index in [0.29, 0.717) is 12.6 Å². The molecule has 0 bridgehead atoms. The molecule has 0 aromatic heterocycles. The molecule has 0 unspecified atom stereocenters. The van der Waals surface area contributed by atoms with Crippen molar-refractivity contribution in [3.05, 3.63) is 35.5 Å². The van der Waals surface area contributed by atoms with Crippen molar-refractivity contribution in [1.29, 1.82) is 0 Å². The Morgan fingerprint density at radius 3 is 2.82 bits per heavy atom. The molecule has 0 saturated heterocycles. The number of hydrogen-bond donors (Lipinski definition) is 2. The fraction of sp³-hybridized carbons (Fsp3) is 0.471. The van der Waals surface area contributed by atoms with Crippen molar-refractivity contribution < 1.29 is 14.7 Å². The highest BCUT2D eigenvalue weighted by atomic mass is 16.5. The minimum atomic E-state index is 0.0452. The number of nitrogens with one attached hydrogen (secondary N) is 1. The van der Waals surface area contributed by atoms with E-state index in [1.807, 2.05) is 24.3 Å². The van der Waals surface area contributed by atoms with Gasteiger partial charge in [0.05, 0.1) is 12.6 Å². The zero-order valence-corrected chi connectivity index (χ0v) is 12.8. The predicted octanol–water partition coefficient (Wildman–Crippen LogP) is 2.69. The average Bonchev–Trinajstić information content (AvgIpc) is 2.49. The second kappa shape index (κ2) is 6.40. The summed E-state index contributed by atoms with van der Waals surface area (Å²) in [6, 6.07) is 6.28. The SMILES string of the molecule is CC(=O)NC1CCC(Oc2ccc3c(c2)C=CN(O)C3)CC1. The zero-order chi connectivity index (χ0) is 15.5. The van der Waals surface area contributed by atoms with Crippen LogP contribution in [0.4, 0.5) is 0 Å². The van der Waals surface area contributed by atoms with Gasteiger partial charge >= 0.3 is 0 Å². The molecule has 1 aliphatic heterocycles. The molecule has 22 heavy (non-hydrogen) atoms. The lowest BCUT2D eigenvalue weighted by molar-refractivity contribution is -0.120. The number of hydroxylamine groups is 2. The topological polar surface area (TPSA) is 61.8 Å². The molecule has 1 aliphatic carbocycles. The van der Waals surface area contributed by atoms with Crippen LogP contribution < -0.4 is 10.1 Å². The van der Waals surface area contributed by atoms with E-state index in [-0.39, 0.29) is 12.0 Å². The lowest BCUT2D eigenvalue weighted by Crippen LogP contribution is -2.38. The summed E-state index contributed by atoms with van der Waals surface area (Å²) in [5.41, 5.74) is 2.18. The first-order chi connectivity index (χ1) is 10.6. The summed E-state index contributed by atoms with van der Waals surface area (Å²) >= 11 is 0. The Morgan fingerprint density at radius 1 is 1.32 bits per heavy atom. The van der Waals surface area contributed by atoms with E-state index in [0.717, 1.165) is 42.6 Å². The fourth-order valence-electron chi connectivity index (χ4n) is 3.14. The summed E-state index contributed by atoms with van der Waals surface area (Å²) in [5, 5.41) is 13.6. The average molecular weight is 302 g/mol. The van der Waals surface area contributed by atoms with Gasteiger partial charge in [0, 0.05) is 19.2 Å². The van der Waals surface area contributed by atoms with Gasteiger partial charge in [0.25, 0.3) is 0 Å². The van der Waals surface area contributed by atoms with Crippen LogP contribution in [0.25, 0.3) is 6.08 Å². The minimum absolute atomic E-state index is 0.0452. The Hall–Kier alpha value is -2.01. The molecule has 1 aromatic carbocycles. The van der Waals surface area contributed by atoms with Gasteiger partial charge in [-0.15, -0.1) is 0 Å². The van der Waals surface area contributed by atoms with Crippen LogP contribution in [-0.2, 0) is 11.3 Å². The van der Waals surface area contributed by atoms with Crippen molar-refractivity contribution in [3.63, 3.8) is 0 Å². The molecular weight excluding hydrogens is 280 g/mol. The van der Waals surface area contributed by atoms with Crippen LogP contribution in [-0.4, -0.2) is 28.3 Å². The maximum Gasteiger partial charge on any atom is 0.217 e. The highest BCUT2D eigenvalue weighted by Crippen LogP contribution is 2.27. The number of carbonyl (C=O) groups is 1. The van der Waals surface area contributed by atoms with Crippen LogP contribution >= 0.6 is 0 Å². The predicted molar refractivity (Wildman–Crippen MR) is 83.3 cm³/mol. The van der Waals surface area contributed by atoms with Gasteiger partial charge in [-0.05, 0) is 55.0 Å². The van der Waals surface area contributed by atoms with E-state index >= 15 is 0 Å². The van der Waals surface area contributed by atoms with Gasteiger partial charge < -0.3 is 10.1 Å². The summed E-state index contributed by atoms with van der Waals surface area (Å²) in [6.07, 6.45) is 7.61. The van der Waals surface area contributed by atoms with Crippen molar-refractivity contribution in [2.75, 3.05) is 0 Å². The van der Waals surface area contributed by atoms with E-state index < -0.39 is 0 Å². The molecule has 2 aliphatic rings. The van der Waals surface area contributed by atoms with Crippen LogP contribution in [0.1, 0.15) is 43.7 Å². The highest BCUT2D eigenvalue weighted by molar-refractivity contribution is 5.73. The third-order valence-corrected chi connectivity index (χ3v) is 4.26.